The van der Waals surface area contributed by atoms with Crippen LogP contribution in [-0.4, -0.2) is 10.4 Å². The third kappa shape index (κ3) is 0.895. The second kappa shape index (κ2) is 2.01. The number of fused-ring (bicyclic) bond motifs is 3. The highest BCUT2D eigenvalue weighted by molar-refractivity contribution is 8.14. The van der Waals surface area contributed by atoms with Crippen molar-refractivity contribution in [1.29, 1.82) is 0 Å². The van der Waals surface area contributed by atoms with E-state index in [0.717, 1.165) is 0 Å². The van der Waals surface area contributed by atoms with E-state index < -0.39 is 0 Å². The van der Waals surface area contributed by atoms with Crippen molar-refractivity contribution in [3.05, 3.63) is 0 Å². The van der Waals surface area contributed by atoms with Crippen LogP contribution in [0, 0.1) is 5.92 Å². The Kier molecular flexibility index (Phi) is 1.29. The third-order valence-corrected chi connectivity index (χ3v) is 3.66. The topological polar surface area (TPSA) is 17.1 Å². The van der Waals surface area contributed by atoms with Crippen LogP contribution in [0.25, 0.3) is 0 Å². The van der Waals surface area contributed by atoms with Gasteiger partial charge in [0.25, 0.3) is 0 Å². The summed E-state index contributed by atoms with van der Waals surface area (Å²) in [6, 6.07) is 0. The molecule has 2 saturated heterocycles. The fourth-order valence-corrected chi connectivity index (χ4v) is 2.94. The fourth-order valence-electron chi connectivity index (χ4n) is 1.68. The number of carbonyl (C=O) groups is 1. The van der Waals surface area contributed by atoms with Gasteiger partial charge < -0.3 is 0 Å². The molecule has 0 aromatic carbocycles. The number of hydrogen-bond acceptors (Lipinski definition) is 2. The van der Waals surface area contributed by atoms with Gasteiger partial charge in [-0.1, -0.05) is 11.8 Å². The van der Waals surface area contributed by atoms with Crippen molar-refractivity contribution in [3.63, 3.8) is 0 Å². The highest BCUT2D eigenvalue weighted by atomic mass is 32.2. The van der Waals surface area contributed by atoms with E-state index >= 15 is 0 Å². The van der Waals surface area contributed by atoms with Gasteiger partial charge in [0.1, 0.15) is 0 Å². The lowest BCUT2D eigenvalue weighted by Crippen LogP contribution is -2.29. The van der Waals surface area contributed by atoms with Gasteiger partial charge in [0.05, 0.1) is 0 Å². The minimum atomic E-state index is 0.444. The monoisotopic (exact) mass is 142 g/mol. The zero-order valence-electron chi connectivity index (χ0n) is 5.30. The molecule has 50 valence electrons. The van der Waals surface area contributed by atoms with Gasteiger partial charge in [-0.05, 0) is 25.7 Å². The van der Waals surface area contributed by atoms with Crippen LogP contribution < -0.4 is 0 Å². The van der Waals surface area contributed by atoms with Gasteiger partial charge in [-0.15, -0.1) is 0 Å². The van der Waals surface area contributed by atoms with Crippen LogP contribution in [0.3, 0.4) is 0 Å². The lowest BCUT2D eigenvalue weighted by atomic mass is 9.89. The molecule has 0 radical (unpaired) electrons. The Morgan fingerprint density at radius 1 is 1.22 bits per heavy atom. The summed E-state index contributed by atoms with van der Waals surface area (Å²) in [6.07, 6.45) is 4.94. The van der Waals surface area contributed by atoms with Gasteiger partial charge in [0.15, 0.2) is 5.12 Å². The molecule has 0 aromatic rings. The molecule has 0 unspecified atom stereocenters. The largest absolute Gasteiger partial charge is 0.287 e. The van der Waals surface area contributed by atoms with Gasteiger partial charge >= 0.3 is 0 Å². The number of carbonyl (C=O) groups excluding carboxylic acids is 1. The summed E-state index contributed by atoms with van der Waals surface area (Å²) < 4.78 is 0. The van der Waals surface area contributed by atoms with Crippen LogP contribution in [0.4, 0.5) is 0 Å². The summed E-state index contributed by atoms with van der Waals surface area (Å²) in [4.78, 5) is 11.0. The van der Waals surface area contributed by atoms with E-state index in [-0.39, 0.29) is 0 Å². The second-order valence-corrected chi connectivity index (χ2v) is 4.22. The normalized spacial score (nSPS) is 41.6. The molecule has 3 rings (SSSR count). The Balaban J connectivity index is 2.15. The molecule has 9 heavy (non-hydrogen) atoms. The first-order chi connectivity index (χ1) is 4.36. The highest BCUT2D eigenvalue weighted by Gasteiger charge is 2.34. The van der Waals surface area contributed by atoms with Crippen LogP contribution in [0.2, 0.25) is 0 Å². The molecule has 2 aliphatic heterocycles. The van der Waals surface area contributed by atoms with E-state index in [0.29, 0.717) is 16.3 Å². The highest BCUT2D eigenvalue weighted by Crippen LogP contribution is 2.41. The SMILES string of the molecule is O=C1SC2CCC1CC2. The molecular formula is C7H10OS. The molecule has 3 aliphatic rings. The quantitative estimate of drug-likeness (QED) is 0.513. The van der Waals surface area contributed by atoms with Crippen molar-refractivity contribution < 1.29 is 4.79 Å². The molecule has 0 amide bonds. The first-order valence-corrected chi connectivity index (χ1v) is 4.45. The van der Waals surface area contributed by atoms with Gasteiger partial charge in [-0.3, -0.25) is 4.79 Å². The Morgan fingerprint density at radius 3 is 2.11 bits per heavy atom. The predicted molar refractivity (Wildman–Crippen MR) is 38.3 cm³/mol. The third-order valence-electron chi connectivity index (χ3n) is 2.29. The summed E-state index contributed by atoms with van der Waals surface area (Å²) in [5.41, 5.74) is 0. The first-order valence-electron chi connectivity index (χ1n) is 3.57. The Bertz CT molecular complexity index is 136. The molecule has 2 heteroatoms. The summed E-state index contributed by atoms with van der Waals surface area (Å²) in [5.74, 6) is 0.444. The molecule has 0 spiro atoms. The maximum atomic E-state index is 11.0. The van der Waals surface area contributed by atoms with Crippen LogP contribution in [0.1, 0.15) is 25.7 Å². The van der Waals surface area contributed by atoms with E-state index in [4.69, 9.17) is 0 Å². The van der Waals surface area contributed by atoms with Crippen molar-refractivity contribution in [2.45, 2.75) is 30.9 Å². The van der Waals surface area contributed by atoms with E-state index in [1.165, 1.54) is 25.7 Å². The van der Waals surface area contributed by atoms with Crippen molar-refractivity contribution in [3.8, 4) is 0 Å². The maximum Gasteiger partial charge on any atom is 0.192 e. The standard InChI is InChI=1S/C7H10OS/c8-7-5-1-3-6(9-7)4-2-5/h5-6H,1-4H2. The summed E-state index contributed by atoms with van der Waals surface area (Å²) in [7, 11) is 0. The zero-order chi connectivity index (χ0) is 6.27. The van der Waals surface area contributed by atoms with E-state index in [9.17, 15) is 4.79 Å². The maximum absolute atomic E-state index is 11.0. The van der Waals surface area contributed by atoms with Crippen molar-refractivity contribution in [1.82, 2.24) is 0 Å². The van der Waals surface area contributed by atoms with Crippen molar-refractivity contribution >= 4 is 16.9 Å². The van der Waals surface area contributed by atoms with Gasteiger partial charge in [-0.25, -0.2) is 0 Å². The van der Waals surface area contributed by atoms with Crippen LogP contribution >= 0.6 is 11.8 Å². The second-order valence-electron chi connectivity index (χ2n) is 2.91. The molecule has 3 fully saturated rings. The summed E-state index contributed by atoms with van der Waals surface area (Å²) in [6.45, 7) is 0. The molecule has 2 heterocycles. The van der Waals surface area contributed by atoms with E-state index in [1.807, 2.05) is 0 Å². The molecule has 1 nitrogen and oxygen atoms in total. The Hall–Kier alpha value is 0.0200. The van der Waals surface area contributed by atoms with Gasteiger partial charge in [0, 0.05) is 11.2 Å². The van der Waals surface area contributed by atoms with Gasteiger partial charge in [0.2, 0.25) is 0 Å². The van der Waals surface area contributed by atoms with E-state index in [2.05, 4.69) is 0 Å². The smallest absolute Gasteiger partial charge is 0.192 e. The fraction of sp³-hybridized carbons (Fsp3) is 0.857. The molecule has 2 bridgehead atoms. The first kappa shape index (κ1) is 5.78. The number of thioether (sulfide) groups is 1. The van der Waals surface area contributed by atoms with Crippen molar-refractivity contribution in [2.24, 2.45) is 5.92 Å². The molecule has 0 aromatic heterocycles. The predicted octanol–water partition coefficient (Wildman–Crippen LogP) is 1.82. The van der Waals surface area contributed by atoms with Gasteiger partial charge in [-0.2, -0.15) is 0 Å². The Labute approximate surface area is 59.2 Å². The number of rotatable bonds is 0. The van der Waals surface area contributed by atoms with E-state index in [1.54, 1.807) is 11.8 Å². The van der Waals surface area contributed by atoms with Crippen LogP contribution in [-0.2, 0) is 4.79 Å². The Morgan fingerprint density at radius 2 is 1.89 bits per heavy atom. The molecule has 0 N–H and O–H groups in total. The number of hydrogen-bond donors (Lipinski definition) is 0. The summed E-state index contributed by atoms with van der Waals surface area (Å²) >= 11 is 1.60. The van der Waals surface area contributed by atoms with Crippen LogP contribution in [0.15, 0.2) is 0 Å². The minimum absolute atomic E-state index is 0.444. The average molecular weight is 142 g/mol. The summed E-state index contributed by atoms with van der Waals surface area (Å²) in [5, 5.41) is 1.17. The molecule has 0 atom stereocenters. The minimum Gasteiger partial charge on any atom is -0.287 e. The lowest BCUT2D eigenvalue weighted by Gasteiger charge is -2.33. The molecule has 1 saturated carbocycles. The zero-order valence-corrected chi connectivity index (χ0v) is 6.12. The lowest BCUT2D eigenvalue weighted by molar-refractivity contribution is -0.115. The molecule has 1 aliphatic carbocycles. The average Bonchev–Trinajstić information content (AvgIpc) is 1.90. The molecular weight excluding hydrogens is 132 g/mol. The van der Waals surface area contributed by atoms with Crippen LogP contribution in [0.5, 0.6) is 0 Å². The van der Waals surface area contributed by atoms with Crippen molar-refractivity contribution in [2.75, 3.05) is 0 Å².